The highest BCUT2D eigenvalue weighted by molar-refractivity contribution is 5.88. The average molecular weight is 612 g/mol. The zero-order chi connectivity index (χ0) is 32.2. The molecule has 0 spiro atoms. The van der Waals surface area contributed by atoms with Crippen molar-refractivity contribution in [2.75, 3.05) is 0 Å². The van der Waals surface area contributed by atoms with Gasteiger partial charge in [0, 0.05) is 31.0 Å². The lowest BCUT2D eigenvalue weighted by Crippen LogP contribution is -2.54. The van der Waals surface area contributed by atoms with Crippen molar-refractivity contribution in [3.63, 3.8) is 0 Å². The minimum absolute atomic E-state index is 0.107. The Kier molecular flexibility index (Phi) is 11.9. The number of unbranched alkanes of at least 4 members (excludes halogenated alkanes) is 1. The van der Waals surface area contributed by atoms with E-state index >= 15 is 0 Å². The molecule has 11 heteroatoms. The summed E-state index contributed by atoms with van der Waals surface area (Å²) < 4.78 is 0. The van der Waals surface area contributed by atoms with Gasteiger partial charge in [0.05, 0.1) is 0 Å². The number of tetrazole rings is 1. The highest BCUT2D eigenvalue weighted by Crippen LogP contribution is 2.30. The van der Waals surface area contributed by atoms with Crippen LogP contribution in [0.5, 0.6) is 0 Å². The van der Waals surface area contributed by atoms with Gasteiger partial charge in [0.1, 0.15) is 6.04 Å². The summed E-state index contributed by atoms with van der Waals surface area (Å²) in [6.07, 6.45) is 2.16. The molecule has 4 aromatic rings. The first-order chi connectivity index (χ1) is 21.8. The molecule has 4 N–H and O–H groups in total. The summed E-state index contributed by atoms with van der Waals surface area (Å²) in [4.78, 5) is 41.4. The largest absolute Gasteiger partial charge is 0.351 e. The predicted octanol–water partition coefficient (Wildman–Crippen LogP) is 4.70. The maximum atomic E-state index is 13.9. The van der Waals surface area contributed by atoms with Crippen LogP contribution >= 0.6 is 0 Å². The molecule has 0 saturated heterocycles. The number of benzene rings is 3. The van der Waals surface area contributed by atoms with E-state index < -0.39 is 18.0 Å². The van der Waals surface area contributed by atoms with Crippen molar-refractivity contribution in [2.45, 2.75) is 71.5 Å². The predicted molar refractivity (Wildman–Crippen MR) is 170 cm³/mol. The number of hydrogen-bond donors (Lipinski definition) is 4. The number of nitrogens with zero attached hydrogens (tertiary/aromatic N) is 4. The Bertz CT molecular complexity index is 1530. The summed E-state index contributed by atoms with van der Waals surface area (Å²) in [7, 11) is 0. The van der Waals surface area contributed by atoms with Crippen LogP contribution in [0.25, 0.3) is 22.5 Å². The molecule has 0 saturated carbocycles. The molecule has 4 rings (SSSR count). The number of carbonyl (C=O) groups excluding carboxylic acids is 3. The Morgan fingerprint density at radius 2 is 1.60 bits per heavy atom. The van der Waals surface area contributed by atoms with Crippen LogP contribution < -0.4 is 10.8 Å². The first-order valence-corrected chi connectivity index (χ1v) is 15.3. The zero-order valence-corrected chi connectivity index (χ0v) is 25.9. The molecule has 2 unspecified atom stereocenters. The summed E-state index contributed by atoms with van der Waals surface area (Å²) in [5.74, 6) is -0.762. The van der Waals surface area contributed by atoms with Crippen molar-refractivity contribution in [3.05, 3.63) is 90.0 Å². The van der Waals surface area contributed by atoms with Gasteiger partial charge in [0.25, 0.3) is 0 Å². The monoisotopic (exact) mass is 611 g/mol. The van der Waals surface area contributed by atoms with E-state index in [1.54, 1.807) is 10.4 Å². The summed E-state index contributed by atoms with van der Waals surface area (Å²) in [5.41, 5.74) is 6.21. The van der Waals surface area contributed by atoms with E-state index in [1.807, 2.05) is 99.6 Å². The third-order valence-corrected chi connectivity index (χ3v) is 7.66. The molecule has 2 atom stereocenters. The van der Waals surface area contributed by atoms with Crippen LogP contribution in [0.15, 0.2) is 78.9 Å². The van der Waals surface area contributed by atoms with Gasteiger partial charge in [-0.15, -0.1) is 10.2 Å². The third-order valence-electron chi connectivity index (χ3n) is 7.66. The molecular formula is C34H41N7O4. The minimum atomic E-state index is -0.775. The van der Waals surface area contributed by atoms with E-state index in [0.717, 1.165) is 34.2 Å². The van der Waals surface area contributed by atoms with E-state index in [-0.39, 0.29) is 30.7 Å². The van der Waals surface area contributed by atoms with Gasteiger partial charge in [-0.3, -0.25) is 19.6 Å². The summed E-state index contributed by atoms with van der Waals surface area (Å²) in [6, 6.07) is 23.8. The van der Waals surface area contributed by atoms with Gasteiger partial charge < -0.3 is 10.2 Å². The standard InChI is InChI=1S/C34H41N7O4/c1-4-5-15-31(43)41(22-25-16-18-26(19-17-25)28-13-9-10-14-29(28)33-36-39-40-37-33)32(23(2)3)34(44)35-27(21-30(42)38-45)20-24-11-7-6-8-12-24/h6-14,16-19,23,27,32,45H,4-5,15,20-22H2,1-3H3,(H,35,44)(H,38,42)(H,36,37,39,40). The molecule has 0 bridgehead atoms. The van der Waals surface area contributed by atoms with E-state index in [2.05, 4.69) is 25.9 Å². The topological polar surface area (TPSA) is 153 Å². The van der Waals surface area contributed by atoms with Crippen molar-refractivity contribution < 1.29 is 19.6 Å². The number of hydroxylamine groups is 1. The van der Waals surface area contributed by atoms with Gasteiger partial charge in [-0.1, -0.05) is 106 Å². The Balaban J connectivity index is 1.59. The molecule has 0 aliphatic heterocycles. The van der Waals surface area contributed by atoms with Gasteiger partial charge >= 0.3 is 0 Å². The van der Waals surface area contributed by atoms with Crippen LogP contribution in [0.4, 0.5) is 0 Å². The number of rotatable bonds is 15. The fourth-order valence-electron chi connectivity index (χ4n) is 5.44. The van der Waals surface area contributed by atoms with Crippen LogP contribution in [-0.4, -0.2) is 60.5 Å². The lowest BCUT2D eigenvalue weighted by Gasteiger charge is -2.35. The summed E-state index contributed by atoms with van der Waals surface area (Å²) in [6.45, 7) is 6.09. The van der Waals surface area contributed by atoms with Crippen molar-refractivity contribution in [1.29, 1.82) is 0 Å². The van der Waals surface area contributed by atoms with Crippen LogP contribution in [-0.2, 0) is 27.3 Å². The normalized spacial score (nSPS) is 12.4. The fraction of sp³-hybridized carbons (Fsp3) is 0.353. The fourth-order valence-corrected chi connectivity index (χ4v) is 5.44. The number of nitrogens with one attached hydrogen (secondary N) is 3. The highest BCUT2D eigenvalue weighted by atomic mass is 16.5. The minimum Gasteiger partial charge on any atom is -0.351 e. The molecule has 236 valence electrons. The number of H-pyrrole nitrogens is 1. The summed E-state index contributed by atoms with van der Waals surface area (Å²) >= 11 is 0. The number of carbonyl (C=O) groups is 3. The van der Waals surface area contributed by atoms with Gasteiger partial charge in [-0.2, -0.15) is 5.21 Å². The second kappa shape index (κ2) is 16.2. The third kappa shape index (κ3) is 9.05. The van der Waals surface area contributed by atoms with E-state index in [1.165, 1.54) is 0 Å². The number of aromatic amines is 1. The zero-order valence-electron chi connectivity index (χ0n) is 25.9. The van der Waals surface area contributed by atoms with E-state index in [0.29, 0.717) is 25.1 Å². The average Bonchev–Trinajstić information content (AvgIpc) is 3.59. The molecule has 1 aromatic heterocycles. The Morgan fingerprint density at radius 3 is 2.22 bits per heavy atom. The molecule has 3 aromatic carbocycles. The highest BCUT2D eigenvalue weighted by Gasteiger charge is 2.33. The van der Waals surface area contributed by atoms with Crippen molar-refractivity contribution in [3.8, 4) is 22.5 Å². The Hall–Kier alpha value is -4.90. The SMILES string of the molecule is CCCCC(=O)N(Cc1ccc(-c2ccccc2-c2nn[nH]n2)cc1)C(C(=O)NC(CC(=O)NO)Cc1ccccc1)C(C)C. The molecular weight excluding hydrogens is 570 g/mol. The molecule has 0 fully saturated rings. The molecule has 45 heavy (non-hydrogen) atoms. The molecule has 0 radical (unpaired) electrons. The number of amides is 3. The van der Waals surface area contributed by atoms with Gasteiger partial charge in [-0.05, 0) is 46.2 Å². The van der Waals surface area contributed by atoms with Crippen LogP contribution in [0.3, 0.4) is 0 Å². The van der Waals surface area contributed by atoms with E-state index in [9.17, 15) is 14.4 Å². The Labute approximate surface area is 263 Å². The van der Waals surface area contributed by atoms with Gasteiger partial charge in [-0.25, -0.2) is 5.48 Å². The molecule has 0 aliphatic rings. The molecule has 1 heterocycles. The van der Waals surface area contributed by atoms with E-state index in [4.69, 9.17) is 5.21 Å². The quantitative estimate of drug-likeness (QED) is 0.112. The van der Waals surface area contributed by atoms with Crippen LogP contribution in [0.2, 0.25) is 0 Å². The van der Waals surface area contributed by atoms with Crippen LogP contribution in [0.1, 0.15) is 57.6 Å². The Morgan fingerprint density at radius 1 is 0.911 bits per heavy atom. The lowest BCUT2D eigenvalue weighted by atomic mass is 9.96. The first kappa shape index (κ1) is 33.0. The van der Waals surface area contributed by atoms with Crippen molar-refractivity contribution >= 4 is 17.7 Å². The van der Waals surface area contributed by atoms with Gasteiger partial charge in [0.2, 0.25) is 23.5 Å². The smallest absolute Gasteiger partial charge is 0.245 e. The van der Waals surface area contributed by atoms with Crippen molar-refractivity contribution in [2.24, 2.45) is 5.92 Å². The van der Waals surface area contributed by atoms with Crippen molar-refractivity contribution in [1.82, 2.24) is 36.3 Å². The second-order valence-electron chi connectivity index (χ2n) is 11.4. The second-order valence-corrected chi connectivity index (χ2v) is 11.4. The lowest BCUT2D eigenvalue weighted by molar-refractivity contribution is -0.143. The molecule has 11 nitrogen and oxygen atoms in total. The first-order valence-electron chi connectivity index (χ1n) is 15.3. The number of aromatic nitrogens is 4. The summed E-state index contributed by atoms with van der Waals surface area (Å²) in [5, 5.41) is 26.6. The maximum absolute atomic E-state index is 13.9. The van der Waals surface area contributed by atoms with Gasteiger partial charge in [0.15, 0.2) is 0 Å². The van der Waals surface area contributed by atoms with Crippen LogP contribution in [0, 0.1) is 5.92 Å². The molecule has 0 aliphatic carbocycles. The molecule has 3 amide bonds. The maximum Gasteiger partial charge on any atom is 0.245 e. The number of hydrogen-bond acceptors (Lipinski definition) is 7.